The van der Waals surface area contributed by atoms with Crippen LogP contribution in [0.5, 0.6) is 0 Å². The number of aryl methyl sites for hydroxylation is 2. The number of nitrogens with two attached hydrogens (primary N) is 1. The molecule has 0 radical (unpaired) electrons. The van der Waals surface area contributed by atoms with Gasteiger partial charge in [-0.3, -0.25) is 0 Å². The number of hydrogen-bond donors (Lipinski definition) is 1. The third-order valence-corrected chi connectivity index (χ3v) is 2.89. The molecule has 2 heterocycles. The standard InChI is InChI=1S/C10H18N4/c1-7-10-13(3)6-9(11)4-5-14(10)8(2)12-7/h9H,4-6,11H2,1-3H3. The number of imidazole rings is 1. The highest BCUT2D eigenvalue weighted by molar-refractivity contribution is 5.46. The van der Waals surface area contributed by atoms with Crippen LogP contribution in [0.2, 0.25) is 0 Å². The highest BCUT2D eigenvalue weighted by Crippen LogP contribution is 2.24. The SMILES string of the molecule is Cc1nc(C)n2c1N(C)CC(N)CC2. The summed E-state index contributed by atoms with van der Waals surface area (Å²) in [6.07, 6.45) is 1.04. The van der Waals surface area contributed by atoms with Crippen LogP contribution in [0.15, 0.2) is 0 Å². The molecule has 0 fully saturated rings. The van der Waals surface area contributed by atoms with Gasteiger partial charge >= 0.3 is 0 Å². The molecule has 1 unspecified atom stereocenters. The lowest BCUT2D eigenvalue weighted by Gasteiger charge is -2.19. The number of aromatic nitrogens is 2. The van der Waals surface area contributed by atoms with Crippen molar-refractivity contribution in [2.75, 3.05) is 18.5 Å². The molecule has 0 aromatic carbocycles. The van der Waals surface area contributed by atoms with E-state index in [-0.39, 0.29) is 6.04 Å². The van der Waals surface area contributed by atoms with Crippen molar-refractivity contribution in [3.05, 3.63) is 11.5 Å². The number of rotatable bonds is 0. The van der Waals surface area contributed by atoms with Gasteiger partial charge in [-0.2, -0.15) is 0 Å². The zero-order valence-corrected chi connectivity index (χ0v) is 9.12. The molecule has 78 valence electrons. The summed E-state index contributed by atoms with van der Waals surface area (Å²) in [5.41, 5.74) is 7.10. The van der Waals surface area contributed by atoms with E-state index in [4.69, 9.17) is 5.73 Å². The van der Waals surface area contributed by atoms with E-state index in [9.17, 15) is 0 Å². The minimum atomic E-state index is 0.277. The highest BCUT2D eigenvalue weighted by atomic mass is 15.3. The lowest BCUT2D eigenvalue weighted by Crippen LogP contribution is -2.34. The summed E-state index contributed by atoms with van der Waals surface area (Å²) in [4.78, 5) is 6.71. The predicted octanol–water partition coefficient (Wildman–Crippen LogP) is 0.667. The molecule has 0 aliphatic carbocycles. The van der Waals surface area contributed by atoms with Gasteiger partial charge in [-0.05, 0) is 20.3 Å². The van der Waals surface area contributed by atoms with Crippen molar-refractivity contribution in [2.24, 2.45) is 5.73 Å². The molecule has 0 saturated carbocycles. The van der Waals surface area contributed by atoms with Gasteiger partial charge in [0.05, 0.1) is 5.69 Å². The molecule has 14 heavy (non-hydrogen) atoms. The van der Waals surface area contributed by atoms with E-state index in [0.29, 0.717) is 0 Å². The van der Waals surface area contributed by atoms with Crippen molar-refractivity contribution >= 4 is 5.82 Å². The maximum absolute atomic E-state index is 5.99. The molecular formula is C10H18N4. The fourth-order valence-corrected chi connectivity index (χ4v) is 2.28. The average Bonchev–Trinajstić information content (AvgIpc) is 2.26. The van der Waals surface area contributed by atoms with Crippen molar-refractivity contribution in [3.63, 3.8) is 0 Å². The molecule has 1 aliphatic heterocycles. The van der Waals surface area contributed by atoms with Crippen molar-refractivity contribution in [1.82, 2.24) is 9.55 Å². The second kappa shape index (κ2) is 3.28. The van der Waals surface area contributed by atoms with Crippen LogP contribution >= 0.6 is 0 Å². The molecule has 1 aromatic heterocycles. The summed E-state index contributed by atoms with van der Waals surface area (Å²) < 4.78 is 2.27. The van der Waals surface area contributed by atoms with Gasteiger partial charge < -0.3 is 15.2 Å². The van der Waals surface area contributed by atoms with Crippen molar-refractivity contribution in [2.45, 2.75) is 32.9 Å². The first-order valence-electron chi connectivity index (χ1n) is 5.10. The zero-order valence-electron chi connectivity index (χ0n) is 9.12. The Bertz CT molecular complexity index is 342. The smallest absolute Gasteiger partial charge is 0.131 e. The molecular weight excluding hydrogens is 176 g/mol. The van der Waals surface area contributed by atoms with Crippen LogP contribution in [0.4, 0.5) is 5.82 Å². The van der Waals surface area contributed by atoms with Crippen LogP contribution in [0.3, 0.4) is 0 Å². The van der Waals surface area contributed by atoms with Gasteiger partial charge in [0.25, 0.3) is 0 Å². The number of fused-ring (bicyclic) bond motifs is 1. The van der Waals surface area contributed by atoms with Gasteiger partial charge in [-0.1, -0.05) is 0 Å². The second-order valence-electron chi connectivity index (χ2n) is 4.15. The normalized spacial score (nSPS) is 22.0. The van der Waals surface area contributed by atoms with Crippen molar-refractivity contribution in [1.29, 1.82) is 0 Å². The van der Waals surface area contributed by atoms with Crippen molar-refractivity contribution < 1.29 is 0 Å². The number of anilines is 1. The van der Waals surface area contributed by atoms with Crippen LogP contribution in [0.25, 0.3) is 0 Å². The highest BCUT2D eigenvalue weighted by Gasteiger charge is 2.21. The van der Waals surface area contributed by atoms with Crippen LogP contribution in [-0.2, 0) is 6.54 Å². The largest absolute Gasteiger partial charge is 0.358 e. The molecule has 0 saturated heterocycles. The fraction of sp³-hybridized carbons (Fsp3) is 0.700. The third kappa shape index (κ3) is 1.39. The molecule has 2 N–H and O–H groups in total. The van der Waals surface area contributed by atoms with E-state index in [2.05, 4.69) is 35.3 Å². The maximum atomic E-state index is 5.99. The van der Waals surface area contributed by atoms with Gasteiger partial charge in [0, 0.05) is 26.2 Å². The summed E-state index contributed by atoms with van der Waals surface area (Å²) in [7, 11) is 2.09. The van der Waals surface area contributed by atoms with E-state index in [1.165, 1.54) is 5.82 Å². The molecule has 4 heteroatoms. The molecule has 1 aliphatic rings. The Morgan fingerprint density at radius 3 is 2.86 bits per heavy atom. The van der Waals surface area contributed by atoms with Gasteiger partial charge in [0.1, 0.15) is 11.6 Å². The summed E-state index contributed by atoms with van der Waals surface area (Å²) in [5, 5.41) is 0. The quantitative estimate of drug-likeness (QED) is 0.660. The number of likely N-dealkylation sites (N-methyl/N-ethyl adjacent to an activating group) is 1. The molecule has 4 nitrogen and oxygen atoms in total. The van der Waals surface area contributed by atoms with Crippen LogP contribution in [-0.4, -0.2) is 29.2 Å². The first kappa shape index (κ1) is 9.52. The summed E-state index contributed by atoms with van der Waals surface area (Å²) >= 11 is 0. The Labute approximate surface area is 84.7 Å². The monoisotopic (exact) mass is 194 g/mol. The molecule has 0 amide bonds. The number of hydrogen-bond acceptors (Lipinski definition) is 3. The Balaban J connectivity index is 2.45. The Morgan fingerprint density at radius 1 is 1.43 bits per heavy atom. The summed E-state index contributed by atoms with van der Waals surface area (Å²) in [6, 6.07) is 0.277. The Morgan fingerprint density at radius 2 is 2.14 bits per heavy atom. The van der Waals surface area contributed by atoms with E-state index < -0.39 is 0 Å². The fourth-order valence-electron chi connectivity index (χ4n) is 2.28. The van der Waals surface area contributed by atoms with E-state index in [1.807, 2.05) is 0 Å². The van der Waals surface area contributed by atoms with Gasteiger partial charge in [0.2, 0.25) is 0 Å². The Hall–Kier alpha value is -1.03. The summed E-state index contributed by atoms with van der Waals surface area (Å²) in [5.74, 6) is 2.33. The minimum absolute atomic E-state index is 0.277. The zero-order chi connectivity index (χ0) is 10.3. The van der Waals surface area contributed by atoms with Gasteiger partial charge in [-0.25, -0.2) is 4.98 Å². The molecule has 2 rings (SSSR count). The molecule has 1 aromatic rings. The number of nitrogens with zero attached hydrogens (tertiary/aromatic N) is 3. The third-order valence-electron chi connectivity index (χ3n) is 2.89. The van der Waals surface area contributed by atoms with E-state index in [1.54, 1.807) is 0 Å². The molecule has 0 spiro atoms. The van der Waals surface area contributed by atoms with Crippen LogP contribution in [0, 0.1) is 13.8 Å². The topological polar surface area (TPSA) is 47.1 Å². The second-order valence-corrected chi connectivity index (χ2v) is 4.15. The van der Waals surface area contributed by atoms with E-state index >= 15 is 0 Å². The molecule has 1 atom stereocenters. The Kier molecular flexibility index (Phi) is 2.23. The minimum Gasteiger partial charge on any atom is -0.358 e. The van der Waals surface area contributed by atoms with E-state index in [0.717, 1.165) is 31.0 Å². The predicted molar refractivity (Wildman–Crippen MR) is 57.6 cm³/mol. The van der Waals surface area contributed by atoms with Crippen LogP contribution in [0.1, 0.15) is 17.9 Å². The maximum Gasteiger partial charge on any atom is 0.131 e. The lowest BCUT2D eigenvalue weighted by molar-refractivity contribution is 0.570. The van der Waals surface area contributed by atoms with Gasteiger partial charge in [0.15, 0.2) is 0 Å². The summed E-state index contributed by atoms with van der Waals surface area (Å²) in [6.45, 7) is 6.03. The van der Waals surface area contributed by atoms with Gasteiger partial charge in [-0.15, -0.1) is 0 Å². The average molecular weight is 194 g/mol. The van der Waals surface area contributed by atoms with Crippen molar-refractivity contribution in [3.8, 4) is 0 Å². The van der Waals surface area contributed by atoms with Crippen LogP contribution < -0.4 is 10.6 Å². The lowest BCUT2D eigenvalue weighted by atomic mass is 10.2. The molecule has 0 bridgehead atoms. The first-order valence-corrected chi connectivity index (χ1v) is 5.10. The first-order chi connectivity index (χ1) is 6.59.